The summed E-state index contributed by atoms with van der Waals surface area (Å²) in [5.74, 6) is 2.09. The van der Waals surface area contributed by atoms with E-state index in [4.69, 9.17) is 4.74 Å². The summed E-state index contributed by atoms with van der Waals surface area (Å²) in [5.41, 5.74) is 0. The maximum atomic E-state index is 5.52. The van der Waals surface area contributed by atoms with Gasteiger partial charge in [-0.05, 0) is 39.5 Å². The van der Waals surface area contributed by atoms with Crippen LogP contribution in [0.2, 0.25) is 0 Å². The number of rotatable bonds is 5. The van der Waals surface area contributed by atoms with Crippen LogP contribution in [-0.2, 0) is 0 Å². The molecule has 1 saturated carbocycles. The second kappa shape index (κ2) is 4.68. The van der Waals surface area contributed by atoms with Crippen molar-refractivity contribution in [3.63, 3.8) is 0 Å². The van der Waals surface area contributed by atoms with Crippen molar-refractivity contribution in [1.82, 2.24) is 9.97 Å². The topological polar surface area (TPSA) is 47.0 Å². The van der Waals surface area contributed by atoms with Crippen LogP contribution in [0.3, 0.4) is 0 Å². The molecule has 0 saturated heterocycles. The second-order valence-corrected chi connectivity index (χ2v) is 4.66. The maximum absolute atomic E-state index is 5.52. The molecule has 1 aromatic rings. The van der Waals surface area contributed by atoms with Crippen molar-refractivity contribution in [3.05, 3.63) is 12.3 Å². The van der Waals surface area contributed by atoms with Crippen molar-refractivity contribution in [3.8, 4) is 5.88 Å². The van der Waals surface area contributed by atoms with Gasteiger partial charge in [0, 0.05) is 18.3 Å². The molecule has 1 aliphatic rings. The average molecular weight is 221 g/mol. The molecule has 1 aromatic heterocycles. The Hall–Kier alpha value is -1.32. The van der Waals surface area contributed by atoms with Crippen molar-refractivity contribution in [1.29, 1.82) is 0 Å². The monoisotopic (exact) mass is 221 g/mol. The van der Waals surface area contributed by atoms with Crippen LogP contribution >= 0.6 is 0 Å². The van der Waals surface area contributed by atoms with Crippen LogP contribution in [0.15, 0.2) is 12.3 Å². The molecule has 1 fully saturated rings. The zero-order valence-corrected chi connectivity index (χ0v) is 10.1. The highest BCUT2D eigenvalue weighted by Crippen LogP contribution is 2.33. The molecular weight excluding hydrogens is 202 g/mol. The highest BCUT2D eigenvalue weighted by Gasteiger charge is 2.28. The lowest BCUT2D eigenvalue weighted by molar-refractivity contribution is 0.232. The Morgan fingerprint density at radius 3 is 2.75 bits per heavy atom. The minimum Gasteiger partial charge on any atom is -0.475 e. The molecule has 0 bridgehead atoms. The number of anilines is 1. The van der Waals surface area contributed by atoms with Crippen LogP contribution in [-0.4, -0.2) is 22.1 Å². The van der Waals surface area contributed by atoms with Gasteiger partial charge in [-0.15, -0.1) is 0 Å². The minimum atomic E-state index is 0.142. The van der Waals surface area contributed by atoms with Crippen molar-refractivity contribution < 1.29 is 4.74 Å². The molecule has 0 amide bonds. The molecular formula is C12H19N3O. The molecule has 88 valence electrons. The Morgan fingerprint density at radius 1 is 1.38 bits per heavy atom. The normalized spacial score (nSPS) is 17.2. The van der Waals surface area contributed by atoms with Crippen LogP contribution in [0.25, 0.3) is 0 Å². The number of hydrogen-bond acceptors (Lipinski definition) is 4. The summed E-state index contributed by atoms with van der Waals surface area (Å²) in [6, 6.07) is 2.24. The minimum absolute atomic E-state index is 0.142. The average Bonchev–Trinajstić information content (AvgIpc) is 2.99. The van der Waals surface area contributed by atoms with E-state index in [-0.39, 0.29) is 6.10 Å². The van der Waals surface area contributed by atoms with E-state index in [1.54, 1.807) is 12.3 Å². The summed E-state index contributed by atoms with van der Waals surface area (Å²) in [6.45, 7) is 6.15. The van der Waals surface area contributed by atoms with Gasteiger partial charge in [0.2, 0.25) is 11.8 Å². The van der Waals surface area contributed by atoms with Gasteiger partial charge in [0.1, 0.15) is 0 Å². The predicted molar refractivity (Wildman–Crippen MR) is 63.6 cm³/mol. The molecule has 1 unspecified atom stereocenters. The van der Waals surface area contributed by atoms with E-state index in [0.29, 0.717) is 17.9 Å². The van der Waals surface area contributed by atoms with Crippen molar-refractivity contribution in [2.75, 3.05) is 5.32 Å². The lowest BCUT2D eigenvalue weighted by atomic mass is 10.2. The summed E-state index contributed by atoms with van der Waals surface area (Å²) < 4.78 is 5.52. The molecule has 0 aliphatic heterocycles. The molecule has 0 radical (unpaired) electrons. The van der Waals surface area contributed by atoms with Crippen molar-refractivity contribution >= 4 is 5.95 Å². The third kappa shape index (κ3) is 3.08. The van der Waals surface area contributed by atoms with Gasteiger partial charge in [0.05, 0.1) is 6.10 Å². The summed E-state index contributed by atoms with van der Waals surface area (Å²) in [6.07, 6.45) is 4.50. The zero-order valence-electron chi connectivity index (χ0n) is 10.1. The Labute approximate surface area is 96.4 Å². The first kappa shape index (κ1) is 11.2. The number of ether oxygens (including phenoxy) is 1. The molecule has 16 heavy (non-hydrogen) atoms. The van der Waals surface area contributed by atoms with Gasteiger partial charge in [-0.2, -0.15) is 4.98 Å². The Balaban J connectivity index is 1.97. The maximum Gasteiger partial charge on any atom is 0.226 e. The van der Waals surface area contributed by atoms with Crippen molar-refractivity contribution in [2.45, 2.75) is 45.8 Å². The Bertz CT molecular complexity index is 350. The molecule has 1 atom stereocenters. The summed E-state index contributed by atoms with van der Waals surface area (Å²) in [7, 11) is 0. The molecule has 1 heterocycles. The molecule has 0 aromatic carbocycles. The lowest BCUT2D eigenvalue weighted by Crippen LogP contribution is -2.19. The molecule has 0 spiro atoms. The van der Waals surface area contributed by atoms with E-state index in [9.17, 15) is 0 Å². The SMILES string of the molecule is CC(C)Oc1ccnc(NC(C)C2CC2)n1. The van der Waals surface area contributed by atoms with Crippen LogP contribution in [0.4, 0.5) is 5.95 Å². The van der Waals surface area contributed by atoms with Gasteiger partial charge in [-0.25, -0.2) is 4.98 Å². The van der Waals surface area contributed by atoms with Crippen LogP contribution in [0.5, 0.6) is 5.88 Å². The molecule has 4 nitrogen and oxygen atoms in total. The first-order valence-corrected chi connectivity index (χ1v) is 5.91. The van der Waals surface area contributed by atoms with Gasteiger partial charge in [-0.3, -0.25) is 0 Å². The van der Waals surface area contributed by atoms with Crippen LogP contribution in [0, 0.1) is 5.92 Å². The number of nitrogens with zero attached hydrogens (tertiary/aromatic N) is 2. The van der Waals surface area contributed by atoms with E-state index in [0.717, 1.165) is 5.92 Å². The molecule has 1 aliphatic carbocycles. The zero-order chi connectivity index (χ0) is 11.5. The fourth-order valence-electron chi connectivity index (χ4n) is 1.64. The largest absolute Gasteiger partial charge is 0.475 e. The number of nitrogens with one attached hydrogen (secondary N) is 1. The third-order valence-electron chi connectivity index (χ3n) is 2.67. The van der Waals surface area contributed by atoms with E-state index in [1.165, 1.54) is 12.8 Å². The Morgan fingerprint density at radius 2 is 2.12 bits per heavy atom. The number of hydrogen-bond donors (Lipinski definition) is 1. The first-order chi connectivity index (χ1) is 7.65. The summed E-state index contributed by atoms with van der Waals surface area (Å²) in [4.78, 5) is 8.51. The molecule has 4 heteroatoms. The third-order valence-corrected chi connectivity index (χ3v) is 2.67. The smallest absolute Gasteiger partial charge is 0.226 e. The van der Waals surface area contributed by atoms with E-state index < -0.39 is 0 Å². The van der Waals surface area contributed by atoms with Gasteiger partial charge in [0.25, 0.3) is 0 Å². The van der Waals surface area contributed by atoms with Gasteiger partial charge in [0.15, 0.2) is 0 Å². The fourth-order valence-corrected chi connectivity index (χ4v) is 1.64. The molecule has 1 N–H and O–H groups in total. The fraction of sp³-hybridized carbons (Fsp3) is 0.667. The predicted octanol–water partition coefficient (Wildman–Crippen LogP) is 2.47. The summed E-state index contributed by atoms with van der Waals surface area (Å²) in [5, 5.41) is 3.32. The lowest BCUT2D eigenvalue weighted by Gasteiger charge is -2.14. The number of aromatic nitrogens is 2. The summed E-state index contributed by atoms with van der Waals surface area (Å²) >= 11 is 0. The van der Waals surface area contributed by atoms with Crippen LogP contribution in [0.1, 0.15) is 33.6 Å². The first-order valence-electron chi connectivity index (χ1n) is 5.91. The van der Waals surface area contributed by atoms with E-state index >= 15 is 0 Å². The van der Waals surface area contributed by atoms with E-state index in [2.05, 4.69) is 22.2 Å². The highest BCUT2D eigenvalue weighted by atomic mass is 16.5. The molecule has 2 rings (SSSR count). The highest BCUT2D eigenvalue weighted by molar-refractivity contribution is 5.29. The van der Waals surface area contributed by atoms with Crippen molar-refractivity contribution in [2.24, 2.45) is 5.92 Å². The van der Waals surface area contributed by atoms with Gasteiger partial charge >= 0.3 is 0 Å². The quantitative estimate of drug-likeness (QED) is 0.829. The van der Waals surface area contributed by atoms with E-state index in [1.807, 2.05) is 13.8 Å². The standard InChI is InChI=1S/C12H19N3O/c1-8(2)16-11-6-7-13-12(15-11)14-9(3)10-4-5-10/h6-10H,4-5H2,1-3H3,(H,13,14,15). The van der Waals surface area contributed by atoms with Crippen LogP contribution < -0.4 is 10.1 Å². The Kier molecular flexibility index (Phi) is 3.27. The second-order valence-electron chi connectivity index (χ2n) is 4.66. The van der Waals surface area contributed by atoms with Gasteiger partial charge < -0.3 is 10.1 Å². The van der Waals surface area contributed by atoms with Gasteiger partial charge in [-0.1, -0.05) is 0 Å².